The summed E-state index contributed by atoms with van der Waals surface area (Å²) < 4.78 is 10.6. The van der Waals surface area contributed by atoms with Crippen LogP contribution in [0.25, 0.3) is 0 Å². The van der Waals surface area contributed by atoms with Crippen molar-refractivity contribution in [3.8, 4) is 11.5 Å². The maximum atomic E-state index is 12.4. The number of benzene rings is 3. The average Bonchev–Trinajstić information content (AvgIpc) is 3.12. The molecule has 0 atom stereocenters. The van der Waals surface area contributed by atoms with Crippen LogP contribution in [-0.4, -0.2) is 12.8 Å². The summed E-state index contributed by atoms with van der Waals surface area (Å²) in [6, 6.07) is 23.0. The van der Waals surface area contributed by atoms with Gasteiger partial charge in [-0.05, 0) is 35.7 Å². The third-order valence-corrected chi connectivity index (χ3v) is 4.13. The summed E-state index contributed by atoms with van der Waals surface area (Å²) in [5.41, 5.74) is 3.68. The first-order valence-corrected chi connectivity index (χ1v) is 8.37. The van der Waals surface area contributed by atoms with Crippen molar-refractivity contribution >= 4 is 17.4 Å². The van der Waals surface area contributed by atoms with Crippen LogP contribution in [-0.2, 0) is 6.42 Å². The summed E-state index contributed by atoms with van der Waals surface area (Å²) in [7, 11) is 0. The quantitative estimate of drug-likeness (QED) is 0.723. The molecule has 26 heavy (non-hydrogen) atoms. The molecule has 130 valence electrons. The lowest BCUT2D eigenvalue weighted by atomic mass is 10.0. The molecule has 0 saturated heterocycles. The Morgan fingerprint density at radius 3 is 2.50 bits per heavy atom. The molecule has 4 rings (SSSR count). The SMILES string of the molecule is O=C(Nc1ccc2c(c1)OCO2)Nc1ccccc1Cc1ccccc1. The smallest absolute Gasteiger partial charge is 0.323 e. The van der Waals surface area contributed by atoms with Gasteiger partial charge in [-0.25, -0.2) is 4.79 Å². The van der Waals surface area contributed by atoms with E-state index in [1.54, 1.807) is 18.2 Å². The van der Waals surface area contributed by atoms with Crippen LogP contribution in [0.4, 0.5) is 16.2 Å². The van der Waals surface area contributed by atoms with Crippen molar-refractivity contribution in [2.75, 3.05) is 17.4 Å². The van der Waals surface area contributed by atoms with Gasteiger partial charge in [0, 0.05) is 17.4 Å². The van der Waals surface area contributed by atoms with Gasteiger partial charge in [0.25, 0.3) is 0 Å². The first-order valence-electron chi connectivity index (χ1n) is 8.37. The van der Waals surface area contributed by atoms with Gasteiger partial charge in [-0.3, -0.25) is 0 Å². The van der Waals surface area contributed by atoms with E-state index in [0.29, 0.717) is 17.2 Å². The monoisotopic (exact) mass is 346 g/mol. The van der Waals surface area contributed by atoms with E-state index in [2.05, 4.69) is 22.8 Å². The van der Waals surface area contributed by atoms with Crippen molar-refractivity contribution < 1.29 is 14.3 Å². The molecule has 1 heterocycles. The van der Waals surface area contributed by atoms with Gasteiger partial charge in [0.05, 0.1) is 0 Å². The highest BCUT2D eigenvalue weighted by atomic mass is 16.7. The molecule has 0 spiro atoms. The van der Waals surface area contributed by atoms with Gasteiger partial charge in [0.1, 0.15) is 0 Å². The van der Waals surface area contributed by atoms with Crippen molar-refractivity contribution in [2.45, 2.75) is 6.42 Å². The summed E-state index contributed by atoms with van der Waals surface area (Å²) in [5, 5.41) is 5.75. The summed E-state index contributed by atoms with van der Waals surface area (Å²) in [6.07, 6.45) is 0.751. The zero-order valence-electron chi connectivity index (χ0n) is 14.1. The van der Waals surface area contributed by atoms with Crippen LogP contribution in [0.2, 0.25) is 0 Å². The summed E-state index contributed by atoms with van der Waals surface area (Å²) in [6.45, 7) is 0.206. The van der Waals surface area contributed by atoms with E-state index in [0.717, 1.165) is 17.7 Å². The molecule has 5 nitrogen and oxygen atoms in total. The maximum Gasteiger partial charge on any atom is 0.323 e. The third-order valence-electron chi connectivity index (χ3n) is 4.13. The first-order chi connectivity index (χ1) is 12.8. The van der Waals surface area contributed by atoms with Gasteiger partial charge in [0.2, 0.25) is 6.79 Å². The van der Waals surface area contributed by atoms with Gasteiger partial charge in [-0.1, -0.05) is 48.5 Å². The Morgan fingerprint density at radius 2 is 1.62 bits per heavy atom. The number of hydrogen-bond donors (Lipinski definition) is 2. The second-order valence-corrected chi connectivity index (χ2v) is 5.97. The summed E-state index contributed by atoms with van der Waals surface area (Å²) in [4.78, 5) is 12.4. The van der Waals surface area contributed by atoms with Crippen LogP contribution in [0.3, 0.4) is 0 Å². The fraction of sp³-hybridized carbons (Fsp3) is 0.0952. The average molecular weight is 346 g/mol. The van der Waals surface area contributed by atoms with Gasteiger partial charge in [-0.15, -0.1) is 0 Å². The molecule has 2 amide bonds. The van der Waals surface area contributed by atoms with E-state index in [-0.39, 0.29) is 12.8 Å². The fourth-order valence-electron chi connectivity index (χ4n) is 2.87. The largest absolute Gasteiger partial charge is 0.454 e. The molecule has 0 bridgehead atoms. The Balaban J connectivity index is 1.46. The van der Waals surface area contributed by atoms with E-state index >= 15 is 0 Å². The normalized spacial score (nSPS) is 11.8. The number of fused-ring (bicyclic) bond motifs is 1. The van der Waals surface area contributed by atoms with Crippen LogP contribution >= 0.6 is 0 Å². The zero-order valence-corrected chi connectivity index (χ0v) is 14.1. The lowest BCUT2D eigenvalue weighted by molar-refractivity contribution is 0.174. The van der Waals surface area contributed by atoms with Crippen LogP contribution in [0.15, 0.2) is 72.8 Å². The number of carbonyl (C=O) groups is 1. The molecular formula is C21H18N2O3. The molecule has 3 aromatic carbocycles. The van der Waals surface area contributed by atoms with E-state index in [1.807, 2.05) is 42.5 Å². The Labute approximate surface area is 151 Å². The van der Waals surface area contributed by atoms with E-state index < -0.39 is 0 Å². The molecule has 0 unspecified atom stereocenters. The van der Waals surface area contributed by atoms with Crippen LogP contribution < -0.4 is 20.1 Å². The number of carbonyl (C=O) groups excluding carboxylic acids is 1. The predicted molar refractivity (Wildman–Crippen MR) is 101 cm³/mol. The molecule has 0 fully saturated rings. The van der Waals surface area contributed by atoms with Crippen molar-refractivity contribution in [3.05, 3.63) is 83.9 Å². The number of rotatable bonds is 4. The Hall–Kier alpha value is -3.47. The van der Waals surface area contributed by atoms with Gasteiger partial charge in [0.15, 0.2) is 11.5 Å². The molecule has 3 aromatic rings. The highest BCUT2D eigenvalue weighted by molar-refractivity contribution is 6.00. The molecule has 0 aromatic heterocycles. The number of hydrogen-bond acceptors (Lipinski definition) is 3. The molecule has 0 saturated carbocycles. The standard InChI is InChI=1S/C21H18N2O3/c24-21(22-17-10-11-19-20(13-17)26-14-25-19)23-18-9-5-4-8-16(18)12-15-6-2-1-3-7-15/h1-11,13H,12,14H2,(H2,22,23,24). The number of ether oxygens (including phenoxy) is 2. The zero-order chi connectivity index (χ0) is 17.8. The number of amides is 2. The maximum absolute atomic E-state index is 12.4. The third kappa shape index (κ3) is 3.62. The highest BCUT2D eigenvalue weighted by Gasteiger charge is 2.14. The minimum Gasteiger partial charge on any atom is -0.454 e. The lowest BCUT2D eigenvalue weighted by Gasteiger charge is -2.12. The van der Waals surface area contributed by atoms with Crippen LogP contribution in [0, 0.1) is 0 Å². The minimum atomic E-state index is -0.302. The highest BCUT2D eigenvalue weighted by Crippen LogP contribution is 2.34. The van der Waals surface area contributed by atoms with E-state index in [1.165, 1.54) is 5.56 Å². The molecule has 5 heteroatoms. The Bertz CT molecular complexity index is 926. The first kappa shape index (κ1) is 16.0. The number of anilines is 2. The van der Waals surface area contributed by atoms with Crippen molar-refractivity contribution in [3.63, 3.8) is 0 Å². The van der Waals surface area contributed by atoms with Crippen molar-refractivity contribution in [1.29, 1.82) is 0 Å². The summed E-state index contributed by atoms with van der Waals surface area (Å²) >= 11 is 0. The fourth-order valence-corrected chi connectivity index (χ4v) is 2.87. The predicted octanol–water partition coefficient (Wildman–Crippen LogP) is 4.65. The Kier molecular flexibility index (Phi) is 4.43. The number of urea groups is 1. The molecular weight excluding hydrogens is 328 g/mol. The minimum absolute atomic E-state index is 0.206. The van der Waals surface area contributed by atoms with Gasteiger partial charge < -0.3 is 20.1 Å². The lowest BCUT2D eigenvalue weighted by Crippen LogP contribution is -2.20. The van der Waals surface area contributed by atoms with E-state index in [4.69, 9.17) is 9.47 Å². The Morgan fingerprint density at radius 1 is 0.846 bits per heavy atom. The van der Waals surface area contributed by atoms with Gasteiger partial charge in [-0.2, -0.15) is 0 Å². The molecule has 0 aliphatic carbocycles. The van der Waals surface area contributed by atoms with Crippen molar-refractivity contribution in [2.24, 2.45) is 0 Å². The molecule has 0 radical (unpaired) electrons. The van der Waals surface area contributed by atoms with Crippen LogP contribution in [0.5, 0.6) is 11.5 Å². The van der Waals surface area contributed by atoms with E-state index in [9.17, 15) is 4.79 Å². The number of para-hydroxylation sites is 1. The second-order valence-electron chi connectivity index (χ2n) is 5.97. The molecule has 2 N–H and O–H groups in total. The van der Waals surface area contributed by atoms with Gasteiger partial charge >= 0.3 is 6.03 Å². The van der Waals surface area contributed by atoms with Crippen molar-refractivity contribution in [1.82, 2.24) is 0 Å². The second kappa shape index (κ2) is 7.19. The van der Waals surface area contributed by atoms with Crippen LogP contribution in [0.1, 0.15) is 11.1 Å². The topological polar surface area (TPSA) is 59.6 Å². The number of nitrogens with one attached hydrogen (secondary N) is 2. The molecule has 1 aliphatic rings. The molecule has 1 aliphatic heterocycles. The summed E-state index contributed by atoms with van der Waals surface area (Å²) in [5.74, 6) is 1.32.